The van der Waals surface area contributed by atoms with Gasteiger partial charge in [-0.3, -0.25) is 45.5 Å². The highest BCUT2D eigenvalue weighted by molar-refractivity contribution is 7.80. The van der Waals surface area contributed by atoms with Crippen LogP contribution >= 0.6 is 0 Å². The molecule has 43 heavy (non-hydrogen) atoms. The van der Waals surface area contributed by atoms with Crippen molar-refractivity contribution in [1.29, 1.82) is 0 Å². The Bertz CT molecular complexity index is 1280. The lowest BCUT2D eigenvalue weighted by Crippen LogP contribution is -1.89. The molecule has 2 rings (SSSR count). The van der Waals surface area contributed by atoms with E-state index in [4.69, 9.17) is 97.8 Å². The molecular weight excluding hydrogens is 708 g/mol. The smallest absolute Gasteiger partial charge is 0.394 e. The molecule has 2 aromatic carbocycles. The number of hydrogen-bond acceptors (Lipinski definition) is 14. The molecule has 14 N–H and O–H groups in total. The largest absolute Gasteiger partial charge is 0.508 e. The summed E-state index contributed by atoms with van der Waals surface area (Å²) in [7, 11) is -19.7. The first-order valence-electron chi connectivity index (χ1n) is 9.08. The topological polar surface area (TPSA) is 438 Å². The molecule has 0 saturated carbocycles. The maximum atomic E-state index is 8.82. The Kier molecular flexibility index (Phi) is 27.1. The molecule has 256 valence electrons. The number of rotatable bonds is 2. The predicted molar refractivity (Wildman–Crippen MR) is 146 cm³/mol. The van der Waals surface area contributed by atoms with Crippen molar-refractivity contribution < 1.29 is 97.8 Å². The number of phenolic OH excluding ortho intramolecular Hbond substituents is 2. The van der Waals surface area contributed by atoms with Gasteiger partial charge in [-0.25, -0.2) is 0 Å². The lowest BCUT2D eigenvalue weighted by molar-refractivity contribution is 0.378. The summed E-state index contributed by atoms with van der Waals surface area (Å²) >= 11 is 0. The molecule has 2 aromatic rings. The first-order valence-corrected chi connectivity index (χ1v) is 16.1. The van der Waals surface area contributed by atoms with E-state index in [1.807, 2.05) is 38.4 Å². The van der Waals surface area contributed by atoms with Gasteiger partial charge in [-0.15, -0.1) is 0 Å². The fourth-order valence-electron chi connectivity index (χ4n) is 1.26. The van der Waals surface area contributed by atoms with Crippen LogP contribution in [-0.4, -0.2) is 112 Å². The molecule has 24 nitrogen and oxygen atoms in total. The van der Waals surface area contributed by atoms with E-state index >= 15 is 0 Å². The standard InChI is InChI=1S/2C7H9NO.5H2O4S/c2*1-8-6-2-4-7(9)5-3-6;5*1-5(2,3)4/h2*2-5,8-9H,1H3;5*(H2,1,2,3,4). The van der Waals surface area contributed by atoms with E-state index in [-0.39, 0.29) is 0 Å². The summed E-state index contributed by atoms with van der Waals surface area (Å²) in [6.07, 6.45) is 0. The molecule has 0 fully saturated rings. The summed E-state index contributed by atoms with van der Waals surface area (Å²) < 4.78 is 158. The van der Waals surface area contributed by atoms with Crippen molar-refractivity contribution >= 4 is 63.4 Å². The van der Waals surface area contributed by atoms with E-state index in [2.05, 4.69) is 10.6 Å². The molecule has 29 heteroatoms. The van der Waals surface area contributed by atoms with Gasteiger partial charge in [0.25, 0.3) is 0 Å². The molecule has 0 aliphatic rings. The van der Waals surface area contributed by atoms with Gasteiger partial charge in [-0.05, 0) is 48.5 Å². The van der Waals surface area contributed by atoms with Crippen molar-refractivity contribution in [2.45, 2.75) is 0 Å². The molecule has 0 aliphatic heterocycles. The number of benzene rings is 2. The minimum atomic E-state index is -4.67. The van der Waals surface area contributed by atoms with E-state index < -0.39 is 52.0 Å². The highest BCUT2D eigenvalue weighted by Gasteiger charge is 1.88. The van der Waals surface area contributed by atoms with Crippen LogP contribution in [0.25, 0.3) is 0 Å². The van der Waals surface area contributed by atoms with Gasteiger partial charge < -0.3 is 20.8 Å². The Morgan fingerprint density at radius 2 is 0.488 bits per heavy atom. The van der Waals surface area contributed by atoms with Crippen LogP contribution < -0.4 is 10.6 Å². The van der Waals surface area contributed by atoms with Crippen molar-refractivity contribution in [2.24, 2.45) is 0 Å². The second-order valence-corrected chi connectivity index (χ2v) is 10.3. The minimum Gasteiger partial charge on any atom is -0.508 e. The molecule has 0 aliphatic carbocycles. The van der Waals surface area contributed by atoms with Crippen LogP contribution in [0.3, 0.4) is 0 Å². The van der Waals surface area contributed by atoms with Gasteiger partial charge in [-0.2, -0.15) is 42.1 Å². The summed E-state index contributed by atoms with van der Waals surface area (Å²) in [4.78, 5) is 0. The van der Waals surface area contributed by atoms with Gasteiger partial charge in [-0.1, -0.05) is 0 Å². The van der Waals surface area contributed by atoms with Crippen molar-refractivity contribution in [2.75, 3.05) is 24.7 Å². The molecule has 0 saturated heterocycles. The zero-order valence-electron chi connectivity index (χ0n) is 21.1. The van der Waals surface area contributed by atoms with Crippen LogP contribution in [0.15, 0.2) is 48.5 Å². The summed E-state index contributed by atoms with van der Waals surface area (Å²) in [6, 6.07) is 13.8. The summed E-state index contributed by atoms with van der Waals surface area (Å²) in [6.45, 7) is 0. The normalized spacial score (nSPS) is 10.5. The molecule has 0 spiro atoms. The number of anilines is 2. The van der Waals surface area contributed by atoms with Crippen LogP contribution in [0.4, 0.5) is 11.4 Å². The zero-order chi connectivity index (χ0) is 35.9. The maximum absolute atomic E-state index is 8.82. The predicted octanol–water partition coefficient (Wildman–Crippen LogP) is -0.396. The minimum absolute atomic E-state index is 0.300. The number of hydrogen-bond donors (Lipinski definition) is 14. The van der Waals surface area contributed by atoms with Crippen LogP contribution in [0, 0.1) is 0 Å². The number of nitrogens with one attached hydrogen (secondary N) is 2. The fraction of sp³-hybridized carbons (Fsp3) is 0.143. The summed E-state index contributed by atoms with van der Waals surface area (Å²) in [5.41, 5.74) is 2.01. The molecule has 0 radical (unpaired) electrons. The monoisotopic (exact) mass is 736 g/mol. The van der Waals surface area contributed by atoms with Crippen LogP contribution in [0.5, 0.6) is 11.5 Å². The van der Waals surface area contributed by atoms with Gasteiger partial charge in [0.2, 0.25) is 0 Å². The van der Waals surface area contributed by atoms with Crippen LogP contribution in [0.1, 0.15) is 0 Å². The Labute approximate surface area is 245 Å². The van der Waals surface area contributed by atoms with Crippen LogP contribution in [0.2, 0.25) is 0 Å². The third kappa shape index (κ3) is 121. The molecule has 0 bridgehead atoms. The summed E-state index contributed by atoms with van der Waals surface area (Å²) in [5, 5.41) is 23.5. The Hall–Kier alpha value is -3.01. The van der Waals surface area contributed by atoms with Gasteiger partial charge in [0.05, 0.1) is 0 Å². The first-order chi connectivity index (χ1) is 18.7. The Balaban J connectivity index is -0.000000134. The molecule has 0 aromatic heterocycles. The lowest BCUT2D eigenvalue weighted by Gasteiger charge is -1.96. The second-order valence-electron chi connectivity index (χ2n) is 5.83. The molecule has 0 amide bonds. The average Bonchev–Trinajstić information content (AvgIpc) is 2.69. The van der Waals surface area contributed by atoms with Crippen molar-refractivity contribution in [3.8, 4) is 11.5 Å². The third-order valence-corrected chi connectivity index (χ3v) is 2.31. The molecule has 0 unspecified atom stereocenters. The first kappa shape index (κ1) is 49.7. The number of aromatic hydroxyl groups is 2. The van der Waals surface area contributed by atoms with E-state index in [1.54, 1.807) is 24.3 Å². The second kappa shape index (κ2) is 23.4. The van der Waals surface area contributed by atoms with Crippen LogP contribution in [-0.2, 0) is 52.0 Å². The lowest BCUT2D eigenvalue weighted by atomic mass is 10.3. The van der Waals surface area contributed by atoms with E-state index in [9.17, 15) is 0 Å². The number of phenols is 2. The van der Waals surface area contributed by atoms with Gasteiger partial charge in [0, 0.05) is 25.5 Å². The van der Waals surface area contributed by atoms with E-state index in [0.29, 0.717) is 11.5 Å². The Morgan fingerprint density at radius 3 is 0.581 bits per heavy atom. The van der Waals surface area contributed by atoms with Crippen molar-refractivity contribution in [3.63, 3.8) is 0 Å². The maximum Gasteiger partial charge on any atom is 0.394 e. The average molecular weight is 737 g/mol. The van der Waals surface area contributed by atoms with Crippen molar-refractivity contribution in [3.05, 3.63) is 48.5 Å². The van der Waals surface area contributed by atoms with E-state index in [0.717, 1.165) is 11.4 Å². The van der Waals surface area contributed by atoms with E-state index in [1.165, 1.54) is 0 Å². The SMILES string of the molecule is CNc1ccc(O)cc1.CNc1ccc(O)cc1.O=S(=O)(O)O.O=S(=O)(O)O.O=S(=O)(O)O.O=S(=O)(O)O.O=S(=O)(O)O. The molecule has 0 heterocycles. The highest BCUT2D eigenvalue weighted by atomic mass is 32.3. The van der Waals surface area contributed by atoms with Crippen molar-refractivity contribution in [1.82, 2.24) is 0 Å². The quantitative estimate of drug-likeness (QED) is 0.138. The molecule has 0 atom stereocenters. The fourth-order valence-corrected chi connectivity index (χ4v) is 1.26. The van der Waals surface area contributed by atoms with Gasteiger partial charge >= 0.3 is 52.0 Å². The molecular formula is C14H28N2O22S5. The zero-order valence-corrected chi connectivity index (χ0v) is 25.2. The summed E-state index contributed by atoms with van der Waals surface area (Å²) in [5.74, 6) is 0.600. The van der Waals surface area contributed by atoms with Gasteiger partial charge in [0.15, 0.2) is 0 Å². The highest BCUT2D eigenvalue weighted by Crippen LogP contribution is 2.12. The van der Waals surface area contributed by atoms with Gasteiger partial charge in [0.1, 0.15) is 11.5 Å². The Morgan fingerprint density at radius 1 is 0.372 bits per heavy atom. The third-order valence-electron chi connectivity index (χ3n) is 2.31.